The molecule has 4 nitrogen and oxygen atoms in total. The molecule has 22 heavy (non-hydrogen) atoms. The summed E-state index contributed by atoms with van der Waals surface area (Å²) in [4.78, 5) is 20.1. The molecule has 1 unspecified atom stereocenters. The van der Waals surface area contributed by atoms with Gasteiger partial charge in [-0.05, 0) is 38.5 Å². The molecule has 0 amide bonds. The highest BCUT2D eigenvalue weighted by atomic mass is 16.6. The minimum absolute atomic E-state index is 0.263. The molecule has 0 aromatic rings. The third kappa shape index (κ3) is 13.3. The monoisotopic (exact) mass is 306 g/mol. The molecule has 0 fully saturated rings. The molecule has 123 valence electrons. The van der Waals surface area contributed by atoms with Crippen molar-refractivity contribution in [1.82, 2.24) is 0 Å². The Labute approximate surface area is 134 Å². The fourth-order valence-electron chi connectivity index (χ4n) is 1.93. The van der Waals surface area contributed by atoms with Crippen molar-refractivity contribution < 1.29 is 9.72 Å². The third-order valence-corrected chi connectivity index (χ3v) is 3.26. The molecule has 1 atom stereocenters. The van der Waals surface area contributed by atoms with Crippen molar-refractivity contribution in [2.75, 3.05) is 0 Å². The summed E-state index contributed by atoms with van der Waals surface area (Å²) in [6.07, 6.45) is 22.7. The van der Waals surface area contributed by atoms with E-state index in [4.69, 9.17) is 0 Å². The third-order valence-electron chi connectivity index (χ3n) is 3.26. The summed E-state index contributed by atoms with van der Waals surface area (Å²) >= 11 is 0. The summed E-state index contributed by atoms with van der Waals surface area (Å²) in [5.74, 6) is 0. The zero-order chi connectivity index (χ0) is 16.5. The number of hydrogen-bond acceptors (Lipinski definition) is 3. The van der Waals surface area contributed by atoms with E-state index in [9.17, 15) is 14.9 Å². The highest BCUT2D eigenvalue weighted by molar-refractivity contribution is 5.56. The molecule has 0 spiro atoms. The maximum Gasteiger partial charge on any atom is 0.278 e. The molecule has 0 saturated carbocycles. The highest BCUT2D eigenvalue weighted by Gasteiger charge is 2.18. The van der Waals surface area contributed by atoms with Gasteiger partial charge in [0.25, 0.3) is 12.3 Å². The summed E-state index contributed by atoms with van der Waals surface area (Å²) in [7, 11) is 0. The van der Waals surface area contributed by atoms with E-state index in [1.54, 1.807) is 0 Å². The topological polar surface area (TPSA) is 60.2 Å². The Kier molecular flexibility index (Phi) is 14.5. The van der Waals surface area contributed by atoms with E-state index in [0.29, 0.717) is 6.42 Å². The van der Waals surface area contributed by atoms with Crippen molar-refractivity contribution in [3.05, 3.63) is 46.6 Å². The summed E-state index contributed by atoms with van der Waals surface area (Å²) in [6.45, 7) is 2.21. The molecular formula is C18H28NO3. The lowest BCUT2D eigenvalue weighted by Gasteiger charge is -1.98. The summed E-state index contributed by atoms with van der Waals surface area (Å²) in [5.41, 5.74) is 0. The number of allylic oxidation sites excluding steroid dienone is 6. The van der Waals surface area contributed by atoms with Crippen LogP contribution in [-0.4, -0.2) is 17.3 Å². The van der Waals surface area contributed by atoms with Crippen LogP contribution in [0.15, 0.2) is 36.5 Å². The highest BCUT2D eigenvalue weighted by Crippen LogP contribution is 2.04. The Morgan fingerprint density at radius 2 is 1.50 bits per heavy atom. The van der Waals surface area contributed by atoms with Crippen molar-refractivity contribution in [2.24, 2.45) is 0 Å². The maximum atomic E-state index is 10.4. The van der Waals surface area contributed by atoms with Gasteiger partial charge in [-0.25, -0.2) is 0 Å². The molecular weight excluding hydrogens is 278 g/mol. The first-order valence-corrected chi connectivity index (χ1v) is 8.18. The lowest BCUT2D eigenvalue weighted by Crippen LogP contribution is -2.20. The number of carbonyl (C=O) groups excluding carboxylic acids is 1. The van der Waals surface area contributed by atoms with E-state index in [0.717, 1.165) is 19.3 Å². The van der Waals surface area contributed by atoms with E-state index in [-0.39, 0.29) is 6.42 Å². The van der Waals surface area contributed by atoms with Gasteiger partial charge in [-0.1, -0.05) is 56.2 Å². The molecule has 0 bridgehead atoms. The first-order chi connectivity index (χ1) is 10.7. The number of rotatable bonds is 14. The first kappa shape index (κ1) is 20.3. The lowest BCUT2D eigenvalue weighted by molar-refractivity contribution is -0.503. The van der Waals surface area contributed by atoms with Crippen molar-refractivity contribution in [3.63, 3.8) is 0 Å². The van der Waals surface area contributed by atoms with Gasteiger partial charge in [0, 0.05) is 11.3 Å². The lowest BCUT2D eigenvalue weighted by atomic mass is 10.1. The summed E-state index contributed by atoms with van der Waals surface area (Å²) in [5, 5.41) is 10.4. The second-order valence-corrected chi connectivity index (χ2v) is 5.23. The Balaban J connectivity index is 3.52. The molecule has 0 aromatic heterocycles. The van der Waals surface area contributed by atoms with Gasteiger partial charge in [0.15, 0.2) is 0 Å². The normalized spacial score (nSPS) is 13.3. The summed E-state index contributed by atoms with van der Waals surface area (Å²) < 4.78 is 0. The smallest absolute Gasteiger partial charge is 0.278 e. The second kappa shape index (κ2) is 15.7. The van der Waals surface area contributed by atoms with Crippen LogP contribution < -0.4 is 0 Å². The van der Waals surface area contributed by atoms with Crippen LogP contribution in [0.4, 0.5) is 0 Å². The Bertz CT molecular complexity index is 373. The molecule has 1 radical (unpaired) electrons. The van der Waals surface area contributed by atoms with Crippen LogP contribution in [0.5, 0.6) is 0 Å². The quantitative estimate of drug-likeness (QED) is 0.198. The van der Waals surface area contributed by atoms with Crippen LogP contribution in [0.25, 0.3) is 0 Å². The van der Waals surface area contributed by atoms with Crippen LogP contribution in [-0.2, 0) is 4.79 Å². The predicted molar refractivity (Wildman–Crippen MR) is 91.1 cm³/mol. The van der Waals surface area contributed by atoms with E-state index in [2.05, 4.69) is 31.2 Å². The molecule has 4 heteroatoms. The molecule has 0 aromatic carbocycles. The summed E-state index contributed by atoms with van der Waals surface area (Å²) in [6, 6.07) is -1.17. The van der Waals surface area contributed by atoms with Gasteiger partial charge in [0.05, 0.1) is 0 Å². The maximum absolute atomic E-state index is 10.4. The number of nitrogens with zero attached hydrogens (tertiary/aromatic N) is 1. The average Bonchev–Trinajstić information content (AvgIpc) is 2.51. The van der Waals surface area contributed by atoms with Gasteiger partial charge in [0.2, 0.25) is 0 Å². The zero-order valence-electron chi connectivity index (χ0n) is 13.6. The zero-order valence-corrected chi connectivity index (χ0v) is 13.6. The van der Waals surface area contributed by atoms with Gasteiger partial charge in [-0.2, -0.15) is 0 Å². The molecule has 0 aliphatic rings. The van der Waals surface area contributed by atoms with E-state index < -0.39 is 11.0 Å². The van der Waals surface area contributed by atoms with Crippen LogP contribution in [0.3, 0.4) is 0 Å². The number of nitro groups is 1. The number of unbranched alkanes of at least 4 members (excludes halogenated alkanes) is 4. The largest absolute Gasteiger partial charge is 0.283 e. The van der Waals surface area contributed by atoms with Gasteiger partial charge in [-0.15, -0.1) is 0 Å². The molecule has 0 aliphatic carbocycles. The Morgan fingerprint density at radius 1 is 0.955 bits per heavy atom. The Hall–Kier alpha value is -1.71. The van der Waals surface area contributed by atoms with Crippen LogP contribution in [0, 0.1) is 10.1 Å². The van der Waals surface area contributed by atoms with Gasteiger partial charge >= 0.3 is 0 Å². The van der Waals surface area contributed by atoms with Gasteiger partial charge in [-0.3, -0.25) is 14.9 Å². The fourth-order valence-corrected chi connectivity index (χ4v) is 1.93. The van der Waals surface area contributed by atoms with Crippen molar-refractivity contribution in [1.29, 1.82) is 0 Å². The van der Waals surface area contributed by atoms with Crippen LogP contribution in [0.2, 0.25) is 0 Å². The average molecular weight is 306 g/mol. The van der Waals surface area contributed by atoms with Crippen molar-refractivity contribution >= 4 is 6.29 Å². The predicted octanol–water partition coefficient (Wildman–Crippen LogP) is 4.94. The van der Waals surface area contributed by atoms with Gasteiger partial charge < -0.3 is 0 Å². The number of hydrogen-bond donors (Lipinski definition) is 0. The second-order valence-electron chi connectivity index (χ2n) is 5.23. The standard InChI is InChI=1S/C18H28NO3/c1-2-3-4-5-6-7-8-9-10-11-12-13-14-15-16-18(17-20)19(21)22/h6-7,9-10,12-13,18H,2-5,8,11,14-16H2,1H3/b7-6+,10-9+,13-12+. The van der Waals surface area contributed by atoms with Crippen molar-refractivity contribution in [3.8, 4) is 0 Å². The van der Waals surface area contributed by atoms with Gasteiger partial charge in [0.1, 0.15) is 0 Å². The fraction of sp³-hybridized carbons (Fsp3) is 0.611. The van der Waals surface area contributed by atoms with E-state index in [1.165, 1.54) is 32.0 Å². The van der Waals surface area contributed by atoms with Crippen LogP contribution >= 0.6 is 0 Å². The van der Waals surface area contributed by atoms with Crippen molar-refractivity contribution in [2.45, 2.75) is 70.8 Å². The molecule has 0 heterocycles. The SMILES string of the molecule is CCCCC/C=C/C/C=C/C/C=C/CCCC([C]=O)[N+](=O)[O-]. The minimum Gasteiger partial charge on any atom is -0.283 e. The molecule has 0 saturated heterocycles. The van der Waals surface area contributed by atoms with E-state index >= 15 is 0 Å². The van der Waals surface area contributed by atoms with Crippen LogP contribution in [0.1, 0.15) is 64.7 Å². The Morgan fingerprint density at radius 3 is 2.00 bits per heavy atom. The molecule has 0 rings (SSSR count). The first-order valence-electron chi connectivity index (χ1n) is 8.18. The van der Waals surface area contributed by atoms with E-state index in [1.807, 2.05) is 12.2 Å². The minimum atomic E-state index is -1.17. The molecule has 0 N–H and O–H groups in total. The molecule has 0 aliphatic heterocycles.